The zero-order chi connectivity index (χ0) is 41.9. The molecule has 310 valence electrons. The molecule has 0 saturated heterocycles. The second-order valence-corrected chi connectivity index (χ2v) is 15.3. The van der Waals surface area contributed by atoms with Gasteiger partial charge in [-0.1, -0.05) is 87.4 Å². The number of benzene rings is 4. The second-order valence-electron chi connectivity index (χ2n) is 15.3. The Balaban J connectivity index is 1.28. The third kappa shape index (κ3) is 10.5. The first-order valence-corrected chi connectivity index (χ1v) is 20.4. The molecule has 5 atom stereocenters. The van der Waals surface area contributed by atoms with Crippen LogP contribution < -0.4 is 9.47 Å². The van der Waals surface area contributed by atoms with Crippen molar-refractivity contribution in [3.8, 4) is 23.0 Å². The van der Waals surface area contributed by atoms with E-state index in [0.29, 0.717) is 48.7 Å². The molecular weight excluding hydrogens is 753 g/mol. The topological polar surface area (TPSA) is 160 Å². The number of carboxylic acids is 2. The highest BCUT2D eigenvalue weighted by molar-refractivity contribution is 6.00. The minimum atomic E-state index is -1.61. The number of hydrogen-bond donors (Lipinski definition) is 2. The number of ether oxygens (including phenoxy) is 3. The van der Waals surface area contributed by atoms with Gasteiger partial charge in [-0.2, -0.15) is 0 Å². The number of amides is 2. The lowest BCUT2D eigenvalue weighted by molar-refractivity contribution is -0.196. The normalized spacial score (nSPS) is 19.2. The van der Waals surface area contributed by atoms with Crippen LogP contribution in [0, 0.1) is 29.6 Å². The van der Waals surface area contributed by atoms with E-state index >= 15 is 0 Å². The van der Waals surface area contributed by atoms with Crippen LogP contribution in [0.5, 0.6) is 23.0 Å². The summed E-state index contributed by atoms with van der Waals surface area (Å²) in [7, 11) is 0. The van der Waals surface area contributed by atoms with Crippen molar-refractivity contribution >= 4 is 29.7 Å². The summed E-state index contributed by atoms with van der Waals surface area (Å²) >= 11 is 0. The molecule has 4 aromatic carbocycles. The van der Waals surface area contributed by atoms with Gasteiger partial charge in [0.2, 0.25) is 17.9 Å². The molecule has 59 heavy (non-hydrogen) atoms. The Hall–Kier alpha value is -6.17. The molecule has 2 saturated carbocycles. The molecule has 2 amide bonds. The molecule has 2 N–H and O–H groups in total. The molecule has 0 radical (unpaired) electrons. The average molecular weight is 805 g/mol. The van der Waals surface area contributed by atoms with Crippen LogP contribution in [0.15, 0.2) is 109 Å². The quantitative estimate of drug-likeness (QED) is 0.0885. The van der Waals surface area contributed by atoms with Gasteiger partial charge in [-0.3, -0.25) is 19.2 Å². The van der Waals surface area contributed by atoms with Crippen molar-refractivity contribution in [3.05, 3.63) is 120 Å². The fourth-order valence-electron chi connectivity index (χ4n) is 8.29. The van der Waals surface area contributed by atoms with Gasteiger partial charge in [-0.15, -0.1) is 0 Å². The number of carbonyl (C=O) groups is 5. The fourth-order valence-corrected chi connectivity index (χ4v) is 8.29. The maximum Gasteiger partial charge on any atom is 0.345 e. The number of carboxylic acid groups (broad SMARTS) is 2. The van der Waals surface area contributed by atoms with Gasteiger partial charge in [0, 0.05) is 32.1 Å². The van der Waals surface area contributed by atoms with Crippen LogP contribution in [0.2, 0.25) is 0 Å². The first-order chi connectivity index (χ1) is 28.6. The highest BCUT2D eigenvalue weighted by Crippen LogP contribution is 2.50. The predicted molar refractivity (Wildman–Crippen MR) is 218 cm³/mol. The molecule has 5 unspecified atom stereocenters. The summed E-state index contributed by atoms with van der Waals surface area (Å²) in [6.45, 7) is 4.54. The van der Waals surface area contributed by atoms with Gasteiger partial charge < -0.3 is 34.2 Å². The van der Waals surface area contributed by atoms with E-state index in [4.69, 9.17) is 14.2 Å². The standard InChI is InChI=1S/C47H52N2O10/c1-3-27-48(29-31-19-23-36(24-20-31)57-34-15-7-5-8-16-34)43(50)38-39(41(40(38)45(52)53)47(56)59-42(46(54)55)33-13-11-12-14-33)44(51)49(28-4-2)30-32-21-25-37(26-22-32)58-35-17-9-6-10-18-35/h5-10,15-26,33,38-42H,3-4,11-14,27-30H2,1-2H3,(H,52,53)(H,54,55). The van der Waals surface area contributed by atoms with Crippen molar-refractivity contribution in [1.29, 1.82) is 0 Å². The molecule has 0 bridgehead atoms. The Morgan fingerprint density at radius 2 is 0.983 bits per heavy atom. The third-order valence-corrected chi connectivity index (χ3v) is 11.2. The summed E-state index contributed by atoms with van der Waals surface area (Å²) in [6.07, 6.45) is 2.26. The maximum absolute atomic E-state index is 14.8. The molecular formula is C47H52N2O10. The Morgan fingerprint density at radius 3 is 1.37 bits per heavy atom. The lowest BCUT2D eigenvalue weighted by atomic mass is 9.55. The van der Waals surface area contributed by atoms with E-state index in [1.807, 2.05) is 98.8 Å². The van der Waals surface area contributed by atoms with Crippen LogP contribution >= 0.6 is 0 Å². The zero-order valence-electron chi connectivity index (χ0n) is 33.5. The van der Waals surface area contributed by atoms with Crippen molar-refractivity contribution < 1.29 is 48.4 Å². The molecule has 0 spiro atoms. The van der Waals surface area contributed by atoms with Crippen molar-refractivity contribution in [2.45, 2.75) is 71.6 Å². The van der Waals surface area contributed by atoms with Crippen LogP contribution in [0.4, 0.5) is 0 Å². The lowest BCUT2D eigenvalue weighted by Gasteiger charge is -2.49. The number of rotatable bonds is 19. The van der Waals surface area contributed by atoms with Crippen molar-refractivity contribution in [3.63, 3.8) is 0 Å². The summed E-state index contributed by atoms with van der Waals surface area (Å²) in [6, 6.07) is 33.0. The third-order valence-electron chi connectivity index (χ3n) is 11.2. The molecule has 6 rings (SSSR count). The summed E-state index contributed by atoms with van der Waals surface area (Å²) in [5.74, 6) is -8.89. The molecule has 12 nitrogen and oxygen atoms in total. The summed E-state index contributed by atoms with van der Waals surface area (Å²) in [5.41, 5.74) is 1.51. The van der Waals surface area contributed by atoms with E-state index in [2.05, 4.69) is 0 Å². The van der Waals surface area contributed by atoms with Gasteiger partial charge in [0.05, 0.1) is 23.7 Å². The highest BCUT2D eigenvalue weighted by atomic mass is 16.6. The monoisotopic (exact) mass is 804 g/mol. The summed E-state index contributed by atoms with van der Waals surface area (Å²) < 4.78 is 17.5. The van der Waals surface area contributed by atoms with Gasteiger partial charge >= 0.3 is 17.9 Å². The smallest absolute Gasteiger partial charge is 0.345 e. The Kier molecular flexibility index (Phi) is 14.4. The molecule has 0 aromatic heterocycles. The van der Waals surface area contributed by atoms with E-state index in [1.165, 1.54) is 9.80 Å². The number of esters is 1. The molecule has 12 heteroatoms. The van der Waals surface area contributed by atoms with Crippen LogP contribution in [-0.4, -0.2) is 68.9 Å². The predicted octanol–water partition coefficient (Wildman–Crippen LogP) is 8.20. The molecule has 2 aliphatic rings. The van der Waals surface area contributed by atoms with Crippen LogP contribution in [-0.2, 0) is 41.8 Å². The average Bonchev–Trinajstić information content (AvgIpc) is 3.76. The maximum atomic E-state index is 14.8. The van der Waals surface area contributed by atoms with E-state index < -0.39 is 65.4 Å². The molecule has 0 heterocycles. The number of para-hydroxylation sites is 2. The van der Waals surface area contributed by atoms with Gasteiger partial charge in [0.25, 0.3) is 0 Å². The fraction of sp³-hybridized carbons (Fsp3) is 0.383. The minimum absolute atomic E-state index is 0.116. The zero-order valence-corrected chi connectivity index (χ0v) is 33.5. The van der Waals surface area contributed by atoms with E-state index in [-0.39, 0.29) is 26.2 Å². The minimum Gasteiger partial charge on any atom is -0.481 e. The second kappa shape index (κ2) is 20.0. The van der Waals surface area contributed by atoms with E-state index in [1.54, 1.807) is 24.3 Å². The van der Waals surface area contributed by atoms with Crippen LogP contribution in [0.3, 0.4) is 0 Å². The Morgan fingerprint density at radius 1 is 0.576 bits per heavy atom. The van der Waals surface area contributed by atoms with Crippen LogP contribution in [0.25, 0.3) is 0 Å². The number of hydrogen-bond acceptors (Lipinski definition) is 8. The first-order valence-electron chi connectivity index (χ1n) is 20.4. The largest absolute Gasteiger partial charge is 0.481 e. The summed E-state index contributed by atoms with van der Waals surface area (Å²) in [5, 5.41) is 20.7. The van der Waals surface area contributed by atoms with Gasteiger partial charge in [-0.25, -0.2) is 4.79 Å². The van der Waals surface area contributed by atoms with E-state index in [9.17, 15) is 34.2 Å². The van der Waals surface area contributed by atoms with Crippen molar-refractivity contribution in [1.82, 2.24) is 9.80 Å². The molecule has 2 fully saturated rings. The first kappa shape index (κ1) is 42.4. The Labute approximate surface area is 344 Å². The van der Waals surface area contributed by atoms with Crippen molar-refractivity contribution in [2.24, 2.45) is 29.6 Å². The van der Waals surface area contributed by atoms with E-state index in [0.717, 1.165) is 24.0 Å². The number of nitrogens with zero attached hydrogens (tertiary/aromatic N) is 2. The number of aliphatic carboxylic acids is 2. The Bertz CT molecular complexity index is 2030. The molecule has 0 aliphatic heterocycles. The van der Waals surface area contributed by atoms with Gasteiger partial charge in [0.15, 0.2) is 0 Å². The molecule has 2 aliphatic carbocycles. The number of carbonyl (C=O) groups excluding carboxylic acids is 3. The van der Waals surface area contributed by atoms with Gasteiger partial charge in [0.1, 0.15) is 23.0 Å². The van der Waals surface area contributed by atoms with Crippen LogP contribution in [0.1, 0.15) is 63.5 Å². The van der Waals surface area contributed by atoms with Gasteiger partial charge in [-0.05, 0) is 85.3 Å². The SMILES string of the molecule is CCCN(Cc1ccc(Oc2ccccc2)cc1)C(=O)C1C(C(=O)O)C(C(=O)OC(C(=O)O)C2CCCC2)C1C(=O)N(CCC)Cc1ccc(Oc2ccccc2)cc1. The molecule has 4 aromatic rings. The summed E-state index contributed by atoms with van der Waals surface area (Å²) in [4.78, 5) is 72.2. The highest BCUT2D eigenvalue weighted by Gasteiger charge is 2.65. The van der Waals surface area contributed by atoms with Crippen molar-refractivity contribution in [2.75, 3.05) is 13.1 Å². The lowest BCUT2D eigenvalue weighted by Crippen LogP contribution is -2.65.